The van der Waals surface area contributed by atoms with Crippen LogP contribution in [0.4, 0.5) is 0 Å². The molecule has 1 aromatic rings. The van der Waals surface area contributed by atoms with Crippen LogP contribution in [0.15, 0.2) is 58.9 Å². The minimum Gasteiger partial charge on any atom is -0.0941 e. The average molecular weight is 251 g/mol. The molecular weight excluding hydrogens is 224 g/mol. The largest absolute Gasteiger partial charge is 0.158 e. The molecule has 17 heavy (non-hydrogen) atoms. The molecule has 0 radical (unpaired) electrons. The van der Waals surface area contributed by atoms with Gasteiger partial charge in [0.05, 0.1) is 0 Å². The summed E-state index contributed by atoms with van der Waals surface area (Å²) in [6.07, 6.45) is 5.21. The zero-order chi connectivity index (χ0) is 13.5. The SMILES string of the molecule is C=C/C(=C\CC)[SH+]c1ccccc1.CC.CC. The van der Waals surface area contributed by atoms with Gasteiger partial charge in [-0.2, -0.15) is 0 Å². The number of hydrogen-bond acceptors (Lipinski definition) is 0. The standard InChI is InChI=1S/C12H14S.2C2H6/c1-3-8-11(4-2)13-12-9-6-5-7-10-12;2*1-2/h4-10H,2-3H2,1H3;2*1-2H3/p+1/b11-8+;;. The topological polar surface area (TPSA) is 0 Å². The van der Waals surface area contributed by atoms with Gasteiger partial charge in [-0.15, -0.1) is 0 Å². The molecule has 0 aliphatic rings. The van der Waals surface area contributed by atoms with E-state index in [9.17, 15) is 0 Å². The van der Waals surface area contributed by atoms with Crippen molar-refractivity contribution < 1.29 is 0 Å². The van der Waals surface area contributed by atoms with Gasteiger partial charge >= 0.3 is 0 Å². The third-order valence-corrected chi connectivity index (χ3v) is 2.82. The van der Waals surface area contributed by atoms with Crippen molar-refractivity contribution in [3.8, 4) is 0 Å². The predicted molar refractivity (Wildman–Crippen MR) is 84.7 cm³/mol. The molecule has 0 saturated carbocycles. The lowest BCUT2D eigenvalue weighted by atomic mass is 10.4. The highest BCUT2D eigenvalue weighted by Gasteiger charge is 2.04. The van der Waals surface area contributed by atoms with Crippen molar-refractivity contribution >= 4 is 11.8 Å². The van der Waals surface area contributed by atoms with Crippen molar-refractivity contribution in [1.29, 1.82) is 0 Å². The number of rotatable bonds is 4. The summed E-state index contributed by atoms with van der Waals surface area (Å²) in [4.78, 5) is 2.61. The van der Waals surface area contributed by atoms with Crippen LogP contribution in [0.25, 0.3) is 0 Å². The lowest BCUT2D eigenvalue weighted by Gasteiger charge is -1.91. The zero-order valence-electron chi connectivity index (χ0n) is 11.9. The summed E-state index contributed by atoms with van der Waals surface area (Å²) in [5, 5.41) is 0. The number of thiol groups is 1. The molecular formula is C16H27S+. The first-order valence-corrected chi connectivity index (χ1v) is 7.35. The molecule has 0 bridgehead atoms. The summed E-state index contributed by atoms with van der Waals surface area (Å²) in [5.74, 6) is 0. The maximum atomic E-state index is 3.80. The molecule has 0 nitrogen and oxygen atoms in total. The van der Waals surface area contributed by atoms with Gasteiger partial charge in [0.15, 0.2) is 9.80 Å². The Morgan fingerprint density at radius 3 is 2.06 bits per heavy atom. The van der Waals surface area contributed by atoms with Crippen LogP contribution in [0.2, 0.25) is 0 Å². The molecule has 1 heteroatoms. The van der Waals surface area contributed by atoms with E-state index in [1.165, 1.54) is 21.6 Å². The Bertz CT molecular complexity index is 286. The zero-order valence-corrected chi connectivity index (χ0v) is 12.8. The summed E-state index contributed by atoms with van der Waals surface area (Å²) >= 11 is 1.25. The van der Waals surface area contributed by atoms with Gasteiger partial charge in [0.2, 0.25) is 0 Å². The van der Waals surface area contributed by atoms with Gasteiger partial charge in [0.25, 0.3) is 0 Å². The summed E-state index contributed by atoms with van der Waals surface area (Å²) in [5.41, 5.74) is 0. The molecule has 1 rings (SSSR count). The predicted octanol–water partition coefficient (Wildman–Crippen LogP) is 5.39. The van der Waals surface area contributed by atoms with E-state index in [1.807, 2.05) is 39.8 Å². The fraction of sp³-hybridized carbons (Fsp3) is 0.375. The Kier molecular flexibility index (Phi) is 16.3. The van der Waals surface area contributed by atoms with Crippen molar-refractivity contribution in [2.45, 2.75) is 45.9 Å². The van der Waals surface area contributed by atoms with Crippen molar-refractivity contribution in [1.82, 2.24) is 0 Å². The molecule has 0 atom stereocenters. The highest BCUT2D eigenvalue weighted by molar-refractivity contribution is 7.83. The van der Waals surface area contributed by atoms with Crippen LogP contribution in [0.5, 0.6) is 0 Å². The lowest BCUT2D eigenvalue weighted by molar-refractivity contribution is 1.22. The maximum Gasteiger partial charge on any atom is 0.158 e. The summed E-state index contributed by atoms with van der Waals surface area (Å²) in [6, 6.07) is 10.4. The first kappa shape index (κ1) is 18.4. The fourth-order valence-electron chi connectivity index (χ4n) is 1.04. The van der Waals surface area contributed by atoms with E-state index in [2.05, 4.69) is 43.8 Å². The van der Waals surface area contributed by atoms with E-state index in [1.54, 1.807) is 0 Å². The van der Waals surface area contributed by atoms with Crippen LogP contribution in [0.3, 0.4) is 0 Å². The van der Waals surface area contributed by atoms with Crippen molar-refractivity contribution in [2.24, 2.45) is 0 Å². The summed E-state index contributed by atoms with van der Waals surface area (Å²) in [7, 11) is 0. The molecule has 0 amide bonds. The Morgan fingerprint density at radius 2 is 1.65 bits per heavy atom. The second-order valence-corrected chi connectivity index (χ2v) is 3.95. The highest BCUT2D eigenvalue weighted by Crippen LogP contribution is 2.10. The van der Waals surface area contributed by atoms with Crippen LogP contribution >= 0.6 is 0 Å². The molecule has 96 valence electrons. The first-order chi connectivity index (χ1) is 8.36. The summed E-state index contributed by atoms with van der Waals surface area (Å²) < 4.78 is 0. The van der Waals surface area contributed by atoms with Gasteiger partial charge in [0, 0.05) is 11.8 Å². The first-order valence-electron chi connectivity index (χ1n) is 6.46. The molecule has 0 aliphatic heterocycles. The number of allylic oxidation sites excluding steroid dienone is 2. The number of hydrogen-bond donors (Lipinski definition) is 0. The monoisotopic (exact) mass is 251 g/mol. The van der Waals surface area contributed by atoms with E-state index in [0.29, 0.717) is 0 Å². The van der Waals surface area contributed by atoms with Crippen LogP contribution in [-0.2, 0) is 11.8 Å². The van der Waals surface area contributed by atoms with Gasteiger partial charge in [-0.3, -0.25) is 0 Å². The quantitative estimate of drug-likeness (QED) is 0.382. The second-order valence-electron chi connectivity index (χ2n) is 2.69. The molecule has 0 heterocycles. The maximum absolute atomic E-state index is 3.80. The van der Waals surface area contributed by atoms with Crippen LogP contribution in [0, 0.1) is 0 Å². The van der Waals surface area contributed by atoms with Gasteiger partial charge in [-0.05, 0) is 30.7 Å². The van der Waals surface area contributed by atoms with Gasteiger partial charge < -0.3 is 0 Å². The third-order valence-electron chi connectivity index (χ3n) is 1.64. The Morgan fingerprint density at radius 1 is 1.12 bits per heavy atom. The third kappa shape index (κ3) is 9.95. The van der Waals surface area contributed by atoms with Crippen LogP contribution < -0.4 is 0 Å². The average Bonchev–Trinajstić information content (AvgIpc) is 2.44. The van der Waals surface area contributed by atoms with Crippen molar-refractivity contribution in [3.63, 3.8) is 0 Å². The second kappa shape index (κ2) is 15.0. The Balaban J connectivity index is 0. The van der Waals surface area contributed by atoms with E-state index < -0.39 is 0 Å². The van der Waals surface area contributed by atoms with E-state index in [4.69, 9.17) is 0 Å². The van der Waals surface area contributed by atoms with Crippen LogP contribution in [-0.4, -0.2) is 0 Å². The number of benzene rings is 1. The minimum atomic E-state index is 1.07. The molecule has 0 aliphatic carbocycles. The lowest BCUT2D eigenvalue weighted by Crippen LogP contribution is -1.84. The van der Waals surface area contributed by atoms with E-state index >= 15 is 0 Å². The molecule has 0 saturated heterocycles. The van der Waals surface area contributed by atoms with Gasteiger partial charge in [-0.1, -0.05) is 59.4 Å². The Hall–Kier alpha value is -0.950. The molecule has 0 N–H and O–H groups in total. The molecule has 0 unspecified atom stereocenters. The molecule has 0 spiro atoms. The molecule has 0 fully saturated rings. The molecule has 1 aromatic carbocycles. The van der Waals surface area contributed by atoms with Crippen molar-refractivity contribution in [3.05, 3.63) is 54.0 Å². The molecule has 0 aromatic heterocycles. The minimum absolute atomic E-state index is 1.07. The van der Waals surface area contributed by atoms with E-state index in [-0.39, 0.29) is 0 Å². The fourth-order valence-corrected chi connectivity index (χ4v) is 2.02. The summed E-state index contributed by atoms with van der Waals surface area (Å²) in [6.45, 7) is 13.9. The van der Waals surface area contributed by atoms with Gasteiger partial charge in [-0.25, -0.2) is 0 Å². The smallest absolute Gasteiger partial charge is 0.0941 e. The highest BCUT2D eigenvalue weighted by atomic mass is 32.2. The normalized spacial score (nSPS) is 9.35. The van der Waals surface area contributed by atoms with Crippen molar-refractivity contribution in [2.75, 3.05) is 0 Å². The van der Waals surface area contributed by atoms with Gasteiger partial charge in [0.1, 0.15) is 0 Å². The van der Waals surface area contributed by atoms with E-state index in [0.717, 1.165) is 6.42 Å². The van der Waals surface area contributed by atoms with Crippen LogP contribution in [0.1, 0.15) is 41.0 Å². The Labute approximate surface area is 112 Å².